The number of carbonyl (C=O) groups excluding carboxylic acids is 1. The third-order valence-electron chi connectivity index (χ3n) is 5.79. The van der Waals surface area contributed by atoms with E-state index in [-0.39, 0.29) is 11.9 Å². The van der Waals surface area contributed by atoms with Gasteiger partial charge in [0.2, 0.25) is 5.91 Å². The molecule has 1 aromatic heterocycles. The lowest BCUT2D eigenvalue weighted by atomic mass is 10.1. The molecule has 7 nitrogen and oxygen atoms in total. The molecule has 2 saturated heterocycles. The van der Waals surface area contributed by atoms with Crippen molar-refractivity contribution >= 4 is 5.91 Å². The Labute approximate surface area is 166 Å². The van der Waals surface area contributed by atoms with E-state index in [4.69, 9.17) is 0 Å². The van der Waals surface area contributed by atoms with Crippen LogP contribution in [0.5, 0.6) is 0 Å². The van der Waals surface area contributed by atoms with E-state index in [9.17, 15) is 4.79 Å². The van der Waals surface area contributed by atoms with Gasteiger partial charge in [0.15, 0.2) is 0 Å². The van der Waals surface area contributed by atoms with Crippen molar-refractivity contribution < 1.29 is 4.79 Å². The first-order chi connectivity index (χ1) is 13.7. The van der Waals surface area contributed by atoms with E-state index in [1.54, 1.807) is 6.20 Å². The van der Waals surface area contributed by atoms with Crippen molar-refractivity contribution in [1.82, 2.24) is 29.6 Å². The Hall–Kier alpha value is -2.22. The molecular formula is C21H30N6O. The molecule has 0 radical (unpaired) electrons. The molecule has 4 rings (SSSR count). The minimum atomic E-state index is 0.0145. The smallest absolute Gasteiger partial charge is 0.237 e. The molecule has 2 aromatic rings. The quantitative estimate of drug-likeness (QED) is 0.826. The third kappa shape index (κ3) is 4.43. The molecule has 0 spiro atoms. The van der Waals surface area contributed by atoms with Gasteiger partial charge in [-0.3, -0.25) is 14.6 Å². The molecule has 2 fully saturated rings. The molecule has 0 aliphatic carbocycles. The number of hydrogen-bond acceptors (Lipinski definition) is 5. The maximum Gasteiger partial charge on any atom is 0.237 e. The molecule has 28 heavy (non-hydrogen) atoms. The van der Waals surface area contributed by atoms with Crippen molar-refractivity contribution in [2.45, 2.75) is 12.6 Å². The predicted octanol–water partition coefficient (Wildman–Crippen LogP) is 0.711. The highest BCUT2D eigenvalue weighted by molar-refractivity contribution is 5.79. The molecule has 0 saturated carbocycles. The van der Waals surface area contributed by atoms with Crippen LogP contribution in [-0.2, 0) is 18.4 Å². The van der Waals surface area contributed by atoms with E-state index < -0.39 is 0 Å². The van der Waals surface area contributed by atoms with E-state index >= 15 is 0 Å². The number of aromatic nitrogens is 2. The second-order valence-electron chi connectivity index (χ2n) is 7.74. The number of rotatable bonds is 5. The molecule has 1 aromatic carbocycles. The molecule has 1 atom stereocenters. The van der Waals surface area contributed by atoms with Crippen molar-refractivity contribution in [3.63, 3.8) is 0 Å². The van der Waals surface area contributed by atoms with Gasteiger partial charge in [-0.25, -0.2) is 4.98 Å². The van der Waals surface area contributed by atoms with E-state index in [0.29, 0.717) is 6.54 Å². The van der Waals surface area contributed by atoms with Gasteiger partial charge in [-0.1, -0.05) is 30.3 Å². The fourth-order valence-electron chi connectivity index (χ4n) is 4.16. The first-order valence-electron chi connectivity index (χ1n) is 10.2. The van der Waals surface area contributed by atoms with Crippen LogP contribution in [0, 0.1) is 0 Å². The first kappa shape index (κ1) is 19.1. The average molecular weight is 383 g/mol. The second kappa shape index (κ2) is 8.86. The average Bonchev–Trinajstić information content (AvgIpc) is 3.16. The summed E-state index contributed by atoms with van der Waals surface area (Å²) in [4.78, 5) is 24.3. The summed E-state index contributed by atoms with van der Waals surface area (Å²) in [6.07, 6.45) is 3.75. The molecule has 1 N–H and O–H groups in total. The zero-order chi connectivity index (χ0) is 19.3. The summed E-state index contributed by atoms with van der Waals surface area (Å²) in [5.74, 6) is 1.17. The lowest BCUT2D eigenvalue weighted by Gasteiger charge is -2.39. The minimum Gasteiger partial charge on any atom is -0.336 e. The Balaban J connectivity index is 1.30. The van der Waals surface area contributed by atoms with Gasteiger partial charge >= 0.3 is 0 Å². The Morgan fingerprint density at radius 1 is 1.11 bits per heavy atom. The van der Waals surface area contributed by atoms with Crippen LogP contribution in [0.25, 0.3) is 0 Å². The van der Waals surface area contributed by atoms with E-state index in [2.05, 4.69) is 50.4 Å². The zero-order valence-corrected chi connectivity index (χ0v) is 16.6. The number of aryl methyl sites for hydroxylation is 1. The Morgan fingerprint density at radius 3 is 2.57 bits per heavy atom. The summed E-state index contributed by atoms with van der Waals surface area (Å²) in [7, 11) is 1.99. The van der Waals surface area contributed by atoms with Gasteiger partial charge in [-0.15, -0.1) is 0 Å². The summed E-state index contributed by atoms with van der Waals surface area (Å²) >= 11 is 0. The SMILES string of the molecule is Cn1ccnc1C1CNCCN1C(=O)CN1CCN(Cc2ccccc2)CC1. The fraction of sp³-hybridized carbons (Fsp3) is 0.524. The van der Waals surface area contributed by atoms with Crippen LogP contribution in [0.1, 0.15) is 17.4 Å². The fourth-order valence-corrected chi connectivity index (χ4v) is 4.16. The Kier molecular flexibility index (Phi) is 6.04. The number of amides is 1. The van der Waals surface area contributed by atoms with E-state index in [0.717, 1.165) is 58.2 Å². The van der Waals surface area contributed by atoms with Gasteiger partial charge in [0.1, 0.15) is 11.9 Å². The number of nitrogens with zero attached hydrogens (tertiary/aromatic N) is 5. The van der Waals surface area contributed by atoms with Crippen LogP contribution in [0.4, 0.5) is 0 Å². The molecule has 7 heteroatoms. The minimum absolute atomic E-state index is 0.0145. The van der Waals surface area contributed by atoms with Crippen LogP contribution >= 0.6 is 0 Å². The van der Waals surface area contributed by atoms with Gasteiger partial charge < -0.3 is 14.8 Å². The van der Waals surface area contributed by atoms with Gasteiger partial charge in [0.25, 0.3) is 0 Å². The number of benzene rings is 1. The molecule has 1 amide bonds. The molecule has 2 aliphatic heterocycles. The van der Waals surface area contributed by atoms with Crippen molar-refractivity contribution in [3.8, 4) is 0 Å². The largest absolute Gasteiger partial charge is 0.336 e. The summed E-state index contributed by atoms with van der Waals surface area (Å²) in [6, 6.07) is 10.6. The molecule has 3 heterocycles. The Bertz CT molecular complexity index is 768. The van der Waals surface area contributed by atoms with E-state index in [1.165, 1.54) is 5.56 Å². The summed E-state index contributed by atoms with van der Waals surface area (Å²) in [5.41, 5.74) is 1.35. The molecule has 150 valence electrons. The number of nitrogens with one attached hydrogen (secondary N) is 1. The van der Waals surface area contributed by atoms with Crippen molar-refractivity contribution in [2.24, 2.45) is 7.05 Å². The lowest BCUT2D eigenvalue weighted by molar-refractivity contribution is -0.136. The van der Waals surface area contributed by atoms with Crippen LogP contribution in [0.2, 0.25) is 0 Å². The highest BCUT2D eigenvalue weighted by Crippen LogP contribution is 2.21. The number of carbonyl (C=O) groups is 1. The standard InChI is InChI=1S/C21H30N6O/c1-24-9-8-23-21(24)19-15-22-7-10-27(19)20(28)17-26-13-11-25(12-14-26)16-18-5-3-2-4-6-18/h2-6,8-9,19,22H,7,10-17H2,1H3. The molecule has 2 aliphatic rings. The van der Waals surface area contributed by atoms with Crippen molar-refractivity contribution in [2.75, 3.05) is 52.4 Å². The van der Waals surface area contributed by atoms with Crippen LogP contribution in [-0.4, -0.2) is 82.5 Å². The maximum absolute atomic E-state index is 13.1. The second-order valence-corrected chi connectivity index (χ2v) is 7.74. The summed E-state index contributed by atoms with van der Waals surface area (Å²) in [6.45, 7) is 7.74. The van der Waals surface area contributed by atoms with Gasteiger partial charge in [-0.05, 0) is 5.56 Å². The zero-order valence-electron chi connectivity index (χ0n) is 16.6. The molecule has 1 unspecified atom stereocenters. The van der Waals surface area contributed by atoms with Crippen molar-refractivity contribution in [1.29, 1.82) is 0 Å². The van der Waals surface area contributed by atoms with Crippen LogP contribution < -0.4 is 5.32 Å². The van der Waals surface area contributed by atoms with E-state index in [1.807, 2.05) is 22.7 Å². The summed E-state index contributed by atoms with van der Waals surface area (Å²) < 4.78 is 2.01. The van der Waals surface area contributed by atoms with Gasteiger partial charge in [-0.2, -0.15) is 0 Å². The van der Waals surface area contributed by atoms with Crippen molar-refractivity contribution in [3.05, 3.63) is 54.1 Å². The molecule has 0 bridgehead atoms. The Morgan fingerprint density at radius 2 is 1.86 bits per heavy atom. The lowest BCUT2D eigenvalue weighted by Crippen LogP contribution is -2.54. The number of hydrogen-bond donors (Lipinski definition) is 1. The first-order valence-corrected chi connectivity index (χ1v) is 10.2. The van der Waals surface area contributed by atoms with Gasteiger partial charge in [0.05, 0.1) is 6.54 Å². The monoisotopic (exact) mass is 382 g/mol. The summed E-state index contributed by atoms with van der Waals surface area (Å²) in [5, 5.41) is 3.40. The maximum atomic E-state index is 13.1. The highest BCUT2D eigenvalue weighted by atomic mass is 16.2. The highest BCUT2D eigenvalue weighted by Gasteiger charge is 2.31. The van der Waals surface area contributed by atoms with Crippen LogP contribution in [0.15, 0.2) is 42.7 Å². The normalized spacial score (nSPS) is 21.8. The van der Waals surface area contributed by atoms with Gasteiger partial charge in [0, 0.05) is 71.8 Å². The topological polar surface area (TPSA) is 56.6 Å². The van der Waals surface area contributed by atoms with Crippen LogP contribution in [0.3, 0.4) is 0 Å². The number of piperazine rings is 2. The number of imidazole rings is 1. The third-order valence-corrected chi connectivity index (χ3v) is 5.79. The molecular weight excluding hydrogens is 352 g/mol. The predicted molar refractivity (Wildman–Crippen MR) is 109 cm³/mol.